The molecule has 6 N–H and O–H groups in total. The fourth-order valence-electron chi connectivity index (χ4n) is 3.21. The van der Waals surface area contributed by atoms with E-state index in [4.69, 9.17) is 11.5 Å². The van der Waals surface area contributed by atoms with E-state index in [1.54, 1.807) is 6.20 Å². The molecular weight excluding hydrogens is 328 g/mol. The predicted octanol–water partition coefficient (Wildman–Crippen LogP) is 1.44. The fourth-order valence-corrected chi connectivity index (χ4v) is 3.21. The summed E-state index contributed by atoms with van der Waals surface area (Å²) < 4.78 is 0. The molecule has 3 aromatic rings. The Bertz CT molecular complexity index is 898. The van der Waals surface area contributed by atoms with Gasteiger partial charge < -0.3 is 16.8 Å². The zero-order chi connectivity index (χ0) is 17.9. The van der Waals surface area contributed by atoms with E-state index in [1.807, 2.05) is 24.3 Å². The Morgan fingerprint density at radius 3 is 2.96 bits per heavy atom. The SMILES string of the molecule is NCc1cccc(-c2cnc(N)c(-c3n[nH]c([C@H]4CCCNC4)n3)n2)c1. The largest absolute Gasteiger partial charge is 0.382 e. The van der Waals surface area contributed by atoms with Crippen molar-refractivity contribution in [1.82, 2.24) is 30.5 Å². The zero-order valence-corrected chi connectivity index (χ0v) is 14.4. The van der Waals surface area contributed by atoms with Crippen molar-refractivity contribution in [3.8, 4) is 22.8 Å². The monoisotopic (exact) mass is 350 g/mol. The number of nitrogens with one attached hydrogen (secondary N) is 2. The lowest BCUT2D eigenvalue weighted by Crippen LogP contribution is -2.28. The topological polar surface area (TPSA) is 131 Å². The lowest BCUT2D eigenvalue weighted by molar-refractivity contribution is 0.447. The second kappa shape index (κ2) is 7.19. The number of nitrogens with zero attached hydrogens (tertiary/aromatic N) is 4. The molecule has 0 bridgehead atoms. The Labute approximate surface area is 151 Å². The van der Waals surface area contributed by atoms with Crippen LogP contribution in [0.2, 0.25) is 0 Å². The van der Waals surface area contributed by atoms with Gasteiger partial charge in [-0.2, -0.15) is 5.10 Å². The van der Waals surface area contributed by atoms with Gasteiger partial charge in [-0.25, -0.2) is 15.0 Å². The van der Waals surface area contributed by atoms with Crippen molar-refractivity contribution in [2.45, 2.75) is 25.3 Å². The van der Waals surface area contributed by atoms with Crippen LogP contribution in [-0.4, -0.2) is 38.2 Å². The van der Waals surface area contributed by atoms with Crippen LogP contribution in [0.3, 0.4) is 0 Å². The van der Waals surface area contributed by atoms with Gasteiger partial charge in [0, 0.05) is 24.6 Å². The van der Waals surface area contributed by atoms with Crippen molar-refractivity contribution < 1.29 is 0 Å². The normalized spacial score (nSPS) is 17.3. The maximum Gasteiger partial charge on any atom is 0.203 e. The molecule has 8 heteroatoms. The number of nitrogens with two attached hydrogens (primary N) is 2. The standard InChI is InChI=1S/C18H22N8/c19-8-11-3-1-4-12(7-11)14-10-22-16(20)15(23-14)18-24-17(25-26-18)13-5-2-6-21-9-13/h1,3-4,7,10,13,21H,2,5-6,8-9,19H2,(H2,20,22)(H,24,25,26)/t13-/m0/s1. The summed E-state index contributed by atoms with van der Waals surface area (Å²) in [5.74, 6) is 2.00. The summed E-state index contributed by atoms with van der Waals surface area (Å²) in [5, 5.41) is 10.7. The van der Waals surface area contributed by atoms with E-state index in [9.17, 15) is 0 Å². The van der Waals surface area contributed by atoms with Gasteiger partial charge in [0.25, 0.3) is 0 Å². The van der Waals surface area contributed by atoms with E-state index in [0.29, 0.717) is 29.8 Å². The van der Waals surface area contributed by atoms with Gasteiger partial charge >= 0.3 is 0 Å². The quantitative estimate of drug-likeness (QED) is 0.560. The van der Waals surface area contributed by atoms with Crippen molar-refractivity contribution in [3.05, 3.63) is 41.9 Å². The minimum Gasteiger partial charge on any atom is -0.382 e. The summed E-state index contributed by atoms with van der Waals surface area (Å²) in [6.45, 7) is 2.43. The van der Waals surface area contributed by atoms with Crippen LogP contribution in [0.1, 0.15) is 30.1 Å². The van der Waals surface area contributed by atoms with Crippen molar-refractivity contribution in [3.63, 3.8) is 0 Å². The molecule has 0 amide bonds. The van der Waals surface area contributed by atoms with Crippen LogP contribution in [0, 0.1) is 0 Å². The molecule has 3 heterocycles. The molecule has 26 heavy (non-hydrogen) atoms. The third-order valence-corrected chi connectivity index (χ3v) is 4.66. The molecule has 1 aliphatic rings. The van der Waals surface area contributed by atoms with Gasteiger partial charge in [0.05, 0.1) is 11.9 Å². The van der Waals surface area contributed by atoms with Gasteiger partial charge in [-0.1, -0.05) is 18.2 Å². The number of aromatic amines is 1. The molecule has 0 unspecified atom stereocenters. The van der Waals surface area contributed by atoms with Gasteiger partial charge in [-0.15, -0.1) is 0 Å². The molecule has 134 valence electrons. The van der Waals surface area contributed by atoms with E-state index in [1.165, 1.54) is 0 Å². The molecule has 1 aliphatic heterocycles. The van der Waals surface area contributed by atoms with Gasteiger partial charge in [-0.3, -0.25) is 5.10 Å². The Hall–Kier alpha value is -2.84. The van der Waals surface area contributed by atoms with Crippen LogP contribution in [0.25, 0.3) is 22.8 Å². The first-order valence-corrected chi connectivity index (χ1v) is 8.80. The number of benzene rings is 1. The lowest BCUT2D eigenvalue weighted by Gasteiger charge is -2.20. The van der Waals surface area contributed by atoms with Crippen LogP contribution >= 0.6 is 0 Å². The van der Waals surface area contributed by atoms with E-state index in [0.717, 1.165) is 48.6 Å². The van der Waals surface area contributed by atoms with Crippen LogP contribution < -0.4 is 16.8 Å². The molecule has 0 aliphatic carbocycles. The lowest BCUT2D eigenvalue weighted by atomic mass is 9.99. The van der Waals surface area contributed by atoms with E-state index in [-0.39, 0.29) is 0 Å². The molecule has 2 aromatic heterocycles. The highest BCUT2D eigenvalue weighted by Crippen LogP contribution is 2.26. The molecule has 1 saturated heterocycles. The van der Waals surface area contributed by atoms with Gasteiger partial charge in [-0.05, 0) is 31.0 Å². The number of piperidine rings is 1. The minimum atomic E-state index is 0.316. The Balaban J connectivity index is 1.67. The average Bonchev–Trinajstić information content (AvgIpc) is 3.19. The minimum absolute atomic E-state index is 0.316. The second-order valence-corrected chi connectivity index (χ2v) is 6.48. The van der Waals surface area contributed by atoms with Crippen LogP contribution in [0.5, 0.6) is 0 Å². The van der Waals surface area contributed by atoms with Gasteiger partial charge in [0.15, 0.2) is 11.5 Å². The number of rotatable bonds is 4. The molecule has 0 radical (unpaired) electrons. The third kappa shape index (κ3) is 3.29. The molecule has 0 saturated carbocycles. The van der Waals surface area contributed by atoms with Crippen LogP contribution in [-0.2, 0) is 6.54 Å². The van der Waals surface area contributed by atoms with E-state index >= 15 is 0 Å². The summed E-state index contributed by atoms with van der Waals surface area (Å²) in [5.41, 5.74) is 15.0. The molecule has 4 rings (SSSR count). The maximum atomic E-state index is 6.04. The van der Waals surface area contributed by atoms with E-state index in [2.05, 4.69) is 30.5 Å². The third-order valence-electron chi connectivity index (χ3n) is 4.66. The number of aromatic nitrogens is 5. The van der Waals surface area contributed by atoms with Crippen LogP contribution in [0.15, 0.2) is 30.5 Å². The summed E-state index contributed by atoms with van der Waals surface area (Å²) in [7, 11) is 0. The van der Waals surface area contributed by atoms with Crippen molar-refractivity contribution in [2.24, 2.45) is 5.73 Å². The molecule has 8 nitrogen and oxygen atoms in total. The number of H-pyrrole nitrogens is 1. The number of anilines is 1. The Kier molecular flexibility index (Phi) is 4.59. The number of nitrogen functional groups attached to an aromatic ring is 1. The maximum absolute atomic E-state index is 6.04. The van der Waals surface area contributed by atoms with Crippen molar-refractivity contribution >= 4 is 5.82 Å². The summed E-state index contributed by atoms with van der Waals surface area (Å²) >= 11 is 0. The van der Waals surface area contributed by atoms with Gasteiger partial charge in [0.1, 0.15) is 5.82 Å². The smallest absolute Gasteiger partial charge is 0.203 e. The molecule has 0 spiro atoms. The zero-order valence-electron chi connectivity index (χ0n) is 14.4. The first-order valence-electron chi connectivity index (χ1n) is 8.80. The summed E-state index contributed by atoms with van der Waals surface area (Å²) in [6, 6.07) is 7.91. The van der Waals surface area contributed by atoms with Crippen molar-refractivity contribution in [2.75, 3.05) is 18.8 Å². The Morgan fingerprint density at radius 1 is 1.23 bits per heavy atom. The highest BCUT2D eigenvalue weighted by molar-refractivity contribution is 5.69. The number of hydrogen-bond acceptors (Lipinski definition) is 7. The molecule has 1 fully saturated rings. The van der Waals surface area contributed by atoms with Crippen molar-refractivity contribution in [1.29, 1.82) is 0 Å². The second-order valence-electron chi connectivity index (χ2n) is 6.48. The molecule has 1 atom stereocenters. The molecular formula is C18H22N8. The average molecular weight is 350 g/mol. The van der Waals surface area contributed by atoms with E-state index < -0.39 is 0 Å². The predicted molar refractivity (Wildman–Crippen MR) is 100.0 cm³/mol. The summed E-state index contributed by atoms with van der Waals surface area (Å²) in [6.07, 6.45) is 3.89. The molecule has 1 aromatic carbocycles. The Morgan fingerprint density at radius 2 is 2.15 bits per heavy atom. The summed E-state index contributed by atoms with van der Waals surface area (Å²) in [4.78, 5) is 13.6. The van der Waals surface area contributed by atoms with Gasteiger partial charge in [0.2, 0.25) is 5.82 Å². The fraction of sp³-hybridized carbons (Fsp3) is 0.333. The highest BCUT2D eigenvalue weighted by atomic mass is 15.2. The number of hydrogen-bond donors (Lipinski definition) is 4. The first kappa shape index (κ1) is 16.6. The highest BCUT2D eigenvalue weighted by Gasteiger charge is 2.21. The van der Waals surface area contributed by atoms with Crippen LogP contribution in [0.4, 0.5) is 5.82 Å². The first-order chi connectivity index (χ1) is 12.7.